The van der Waals surface area contributed by atoms with Crippen LogP contribution in [0.4, 0.5) is 0 Å². The summed E-state index contributed by atoms with van der Waals surface area (Å²) in [4.78, 5) is 0. The van der Waals surface area contributed by atoms with Gasteiger partial charge in [-0.1, -0.05) is 0 Å². The molecule has 0 spiro atoms. The van der Waals surface area contributed by atoms with Gasteiger partial charge in [-0.25, -0.2) is 0 Å². The fourth-order valence-electron chi connectivity index (χ4n) is 5.92. The molecule has 0 aromatic carbocycles. The Morgan fingerprint density at radius 3 is 1.52 bits per heavy atom. The van der Waals surface area contributed by atoms with Crippen molar-refractivity contribution in [2.75, 3.05) is 0 Å². The van der Waals surface area contributed by atoms with Crippen molar-refractivity contribution < 1.29 is 20.3 Å². The topological polar surface area (TPSA) is 0 Å². The molecule has 0 aliphatic heterocycles. The van der Waals surface area contributed by atoms with Crippen LogP contribution in [0.5, 0.6) is 0 Å². The summed E-state index contributed by atoms with van der Waals surface area (Å²) in [6, 6.07) is 0. The Labute approximate surface area is 134 Å². The minimum atomic E-state index is -2.09. The first-order valence-electron chi connectivity index (χ1n) is 8.88. The van der Waals surface area contributed by atoms with Crippen LogP contribution < -0.4 is 0 Å². The quantitative estimate of drug-likeness (QED) is 0.557. The molecule has 6 atom stereocenters. The number of allylic oxidation sites excluding steroid dienone is 8. The Bertz CT molecular complexity index is 476. The van der Waals surface area contributed by atoms with Gasteiger partial charge >= 0.3 is 135 Å². The van der Waals surface area contributed by atoms with Crippen LogP contribution in [0.1, 0.15) is 25.7 Å². The molecule has 4 aliphatic rings. The molecule has 0 nitrogen and oxygen atoms in total. The molecular formula is C20H28Zr. The summed E-state index contributed by atoms with van der Waals surface area (Å²) in [5.41, 5.74) is 0. The second kappa shape index (κ2) is 5.48. The van der Waals surface area contributed by atoms with Crippen molar-refractivity contribution in [3.63, 3.8) is 0 Å². The van der Waals surface area contributed by atoms with E-state index >= 15 is 0 Å². The van der Waals surface area contributed by atoms with Gasteiger partial charge in [0.2, 0.25) is 0 Å². The van der Waals surface area contributed by atoms with E-state index in [9.17, 15) is 0 Å². The fourth-order valence-corrected chi connectivity index (χ4v) is 18.4. The second-order valence-corrected chi connectivity index (χ2v) is 20.8. The van der Waals surface area contributed by atoms with Gasteiger partial charge in [0.05, 0.1) is 0 Å². The molecule has 0 N–H and O–H groups in total. The van der Waals surface area contributed by atoms with Gasteiger partial charge < -0.3 is 0 Å². The van der Waals surface area contributed by atoms with Crippen molar-refractivity contribution in [3.05, 3.63) is 48.6 Å². The summed E-state index contributed by atoms with van der Waals surface area (Å²) in [5, 5.41) is 0. The van der Waals surface area contributed by atoms with E-state index in [-0.39, 0.29) is 0 Å². The van der Waals surface area contributed by atoms with Gasteiger partial charge in [0, 0.05) is 0 Å². The van der Waals surface area contributed by atoms with E-state index in [1.54, 1.807) is 0 Å². The maximum absolute atomic E-state index is 2.78. The second-order valence-electron chi connectivity index (χ2n) is 8.21. The average molecular weight is 360 g/mol. The van der Waals surface area contributed by atoms with Gasteiger partial charge in [-0.3, -0.25) is 0 Å². The van der Waals surface area contributed by atoms with Gasteiger partial charge in [0.1, 0.15) is 0 Å². The molecule has 4 rings (SSSR count). The van der Waals surface area contributed by atoms with Gasteiger partial charge in [-0.2, -0.15) is 0 Å². The molecule has 0 aromatic heterocycles. The molecule has 0 saturated heterocycles. The van der Waals surface area contributed by atoms with Crippen LogP contribution in [0, 0.1) is 23.7 Å². The van der Waals surface area contributed by atoms with Crippen LogP contribution in [-0.2, 0) is 20.3 Å². The molecule has 6 unspecified atom stereocenters. The Morgan fingerprint density at radius 2 is 1.05 bits per heavy atom. The van der Waals surface area contributed by atoms with Crippen molar-refractivity contribution >= 4 is 0 Å². The Morgan fingerprint density at radius 1 is 0.619 bits per heavy atom. The number of hydrogen-bond donors (Lipinski definition) is 0. The standard InChI is InChI=1S/2C9H11.2CH3.Zr/c2*1-2-5-9-7-3-6-8(9)4-1;;;/h2*1-2,4-6,8-9H,3,7H2;2*1H3;. The third-order valence-electron chi connectivity index (χ3n) is 7.06. The third-order valence-corrected chi connectivity index (χ3v) is 19.8. The van der Waals surface area contributed by atoms with Gasteiger partial charge in [-0.15, -0.1) is 0 Å². The monoisotopic (exact) mass is 358 g/mol. The van der Waals surface area contributed by atoms with Crippen LogP contribution in [0.25, 0.3) is 0 Å². The predicted octanol–water partition coefficient (Wildman–Crippen LogP) is 6.12. The van der Waals surface area contributed by atoms with E-state index < -0.39 is 20.3 Å². The molecule has 0 bridgehead atoms. The van der Waals surface area contributed by atoms with E-state index in [0.717, 1.165) is 30.9 Å². The van der Waals surface area contributed by atoms with Crippen molar-refractivity contribution in [3.8, 4) is 0 Å². The van der Waals surface area contributed by atoms with Crippen LogP contribution in [0.15, 0.2) is 48.6 Å². The normalized spacial score (nSPS) is 44.1. The van der Waals surface area contributed by atoms with Crippen molar-refractivity contribution in [2.24, 2.45) is 23.7 Å². The average Bonchev–Trinajstić information content (AvgIpc) is 3.12. The predicted molar refractivity (Wildman–Crippen MR) is 88.2 cm³/mol. The van der Waals surface area contributed by atoms with E-state index in [1.165, 1.54) is 25.7 Å². The molecule has 0 aromatic rings. The van der Waals surface area contributed by atoms with Crippen molar-refractivity contribution in [2.45, 2.75) is 42.2 Å². The summed E-state index contributed by atoms with van der Waals surface area (Å²) in [6.07, 6.45) is 25.2. The molecule has 0 radical (unpaired) electrons. The minimum absolute atomic E-state index is 0.870. The van der Waals surface area contributed by atoms with Crippen LogP contribution in [-0.4, -0.2) is 0 Å². The van der Waals surface area contributed by atoms with Crippen LogP contribution >= 0.6 is 0 Å². The van der Waals surface area contributed by atoms with Gasteiger partial charge in [-0.05, 0) is 0 Å². The molecule has 2 saturated carbocycles. The number of rotatable bonds is 2. The van der Waals surface area contributed by atoms with Gasteiger partial charge in [0.25, 0.3) is 0 Å². The molecule has 0 amide bonds. The van der Waals surface area contributed by atoms with Crippen LogP contribution in [0.2, 0.25) is 16.5 Å². The summed E-state index contributed by atoms with van der Waals surface area (Å²) in [6.45, 7) is 0. The molecule has 112 valence electrons. The Hall–Kier alpha value is -0.157. The van der Waals surface area contributed by atoms with E-state index in [4.69, 9.17) is 0 Å². The first-order chi connectivity index (χ1) is 10.2. The zero-order valence-corrected chi connectivity index (χ0v) is 15.9. The van der Waals surface area contributed by atoms with Crippen LogP contribution in [0.3, 0.4) is 0 Å². The third kappa shape index (κ3) is 2.35. The number of fused-ring (bicyclic) bond motifs is 2. The summed E-state index contributed by atoms with van der Waals surface area (Å²) < 4.78 is 7.72. The molecule has 21 heavy (non-hydrogen) atoms. The molecule has 1 heteroatoms. The zero-order valence-electron chi connectivity index (χ0n) is 13.4. The zero-order chi connectivity index (χ0) is 14.4. The molecule has 0 heterocycles. The van der Waals surface area contributed by atoms with Crippen molar-refractivity contribution in [1.82, 2.24) is 0 Å². The Kier molecular flexibility index (Phi) is 3.77. The van der Waals surface area contributed by atoms with Gasteiger partial charge in [0.15, 0.2) is 0 Å². The SMILES string of the molecule is [CH3][Zr]([CH3])([CH]1CCC2C=CC=CC21)[CH]1CCC2C=CC=CC21. The van der Waals surface area contributed by atoms with E-state index in [0.29, 0.717) is 0 Å². The summed E-state index contributed by atoms with van der Waals surface area (Å²) in [5.74, 6) is 3.52. The fraction of sp³-hybridized carbons (Fsp3) is 0.600. The first-order valence-corrected chi connectivity index (χ1v) is 16.6. The Balaban J connectivity index is 1.59. The summed E-state index contributed by atoms with van der Waals surface area (Å²) >= 11 is -2.09. The summed E-state index contributed by atoms with van der Waals surface area (Å²) in [7, 11) is 0. The molecule has 4 aliphatic carbocycles. The molecular weight excluding hydrogens is 331 g/mol. The maximum atomic E-state index is 2.78. The van der Waals surface area contributed by atoms with Crippen molar-refractivity contribution in [1.29, 1.82) is 0 Å². The molecule has 2 fully saturated rings. The number of hydrogen-bond acceptors (Lipinski definition) is 0. The van der Waals surface area contributed by atoms with E-state index in [2.05, 4.69) is 57.9 Å². The first kappa shape index (κ1) is 14.4. The van der Waals surface area contributed by atoms with E-state index in [1.807, 2.05) is 0 Å².